The quantitative estimate of drug-likeness (QED) is 0.711. The van der Waals surface area contributed by atoms with Gasteiger partial charge in [0.2, 0.25) is 0 Å². The van der Waals surface area contributed by atoms with E-state index in [9.17, 15) is 8.42 Å². The highest BCUT2D eigenvalue weighted by atomic mass is 79.9. The molecule has 3 aromatic rings. The summed E-state index contributed by atoms with van der Waals surface area (Å²) in [7, 11) is -3.72. The summed E-state index contributed by atoms with van der Waals surface area (Å²) in [5.74, 6) is 0. The Hall–Kier alpha value is -2.12. The van der Waals surface area contributed by atoms with Gasteiger partial charge in [0.15, 0.2) is 0 Å². The van der Waals surface area contributed by atoms with Crippen LogP contribution in [0.2, 0.25) is 0 Å². The summed E-state index contributed by atoms with van der Waals surface area (Å²) in [5, 5.41) is 4.43. The van der Waals surface area contributed by atoms with Crippen LogP contribution in [0, 0.1) is 13.8 Å². The van der Waals surface area contributed by atoms with E-state index in [1.54, 1.807) is 41.1 Å². The van der Waals surface area contributed by atoms with Crippen LogP contribution in [0.15, 0.2) is 64.0 Å². The van der Waals surface area contributed by atoms with Crippen LogP contribution in [0.4, 0.5) is 5.69 Å². The average molecular weight is 406 g/mol. The predicted molar refractivity (Wildman–Crippen MR) is 98.0 cm³/mol. The fraction of sp³-hybridized carbons (Fsp3) is 0.118. The number of aromatic nitrogens is 2. The number of para-hydroxylation sites is 2. The van der Waals surface area contributed by atoms with Crippen molar-refractivity contribution < 1.29 is 8.42 Å². The molecule has 0 aliphatic heterocycles. The van der Waals surface area contributed by atoms with Crippen molar-refractivity contribution in [1.82, 2.24) is 9.78 Å². The molecule has 124 valence electrons. The smallest absolute Gasteiger partial charge is 0.263 e. The molecule has 0 bridgehead atoms. The van der Waals surface area contributed by atoms with Crippen molar-refractivity contribution >= 4 is 31.6 Å². The van der Waals surface area contributed by atoms with E-state index in [1.165, 1.54) is 0 Å². The van der Waals surface area contributed by atoms with E-state index in [0.717, 1.165) is 11.4 Å². The minimum Gasteiger partial charge on any atom is -0.277 e. The Bertz CT molecular complexity index is 997. The second-order valence-corrected chi connectivity index (χ2v) is 7.90. The van der Waals surface area contributed by atoms with Crippen molar-refractivity contribution in [3.8, 4) is 5.69 Å². The molecule has 0 saturated heterocycles. The molecule has 7 heteroatoms. The largest absolute Gasteiger partial charge is 0.277 e. The molecule has 5 nitrogen and oxygen atoms in total. The van der Waals surface area contributed by atoms with Crippen LogP contribution in [0.5, 0.6) is 0 Å². The molecule has 0 atom stereocenters. The molecule has 0 radical (unpaired) electrons. The second kappa shape index (κ2) is 6.41. The summed E-state index contributed by atoms with van der Waals surface area (Å²) in [5.41, 5.74) is 2.95. The number of hydrogen-bond donors (Lipinski definition) is 1. The van der Waals surface area contributed by atoms with Crippen LogP contribution in [0.25, 0.3) is 5.69 Å². The molecule has 24 heavy (non-hydrogen) atoms. The predicted octanol–water partition coefficient (Wildman–Crippen LogP) is 4.05. The number of rotatable bonds is 4. The van der Waals surface area contributed by atoms with E-state index < -0.39 is 10.0 Å². The topological polar surface area (TPSA) is 64.0 Å². The lowest BCUT2D eigenvalue weighted by molar-refractivity contribution is 0.600. The number of aryl methyl sites for hydroxylation is 2. The number of nitrogens with one attached hydrogen (secondary N) is 1. The molecule has 0 amide bonds. The minimum atomic E-state index is -3.72. The van der Waals surface area contributed by atoms with E-state index in [4.69, 9.17) is 0 Å². The Labute approximate surface area is 149 Å². The number of benzene rings is 2. The van der Waals surface area contributed by atoms with E-state index in [0.29, 0.717) is 15.8 Å². The van der Waals surface area contributed by atoms with E-state index >= 15 is 0 Å². The lowest BCUT2D eigenvalue weighted by atomic mass is 10.2. The van der Waals surface area contributed by atoms with Crippen molar-refractivity contribution in [3.63, 3.8) is 0 Å². The summed E-state index contributed by atoms with van der Waals surface area (Å²) >= 11 is 3.29. The summed E-state index contributed by atoms with van der Waals surface area (Å²) in [6, 6.07) is 15.8. The van der Waals surface area contributed by atoms with Crippen LogP contribution >= 0.6 is 15.9 Å². The molecule has 0 aliphatic carbocycles. The highest BCUT2D eigenvalue weighted by molar-refractivity contribution is 9.10. The Morgan fingerprint density at radius 2 is 1.71 bits per heavy atom. The molecule has 2 aromatic carbocycles. The molecule has 0 aliphatic rings. The highest BCUT2D eigenvalue weighted by Crippen LogP contribution is 2.27. The van der Waals surface area contributed by atoms with Gasteiger partial charge in [0.1, 0.15) is 4.90 Å². The molecule has 0 unspecified atom stereocenters. The summed E-state index contributed by atoms with van der Waals surface area (Å²) < 4.78 is 30.4. The lowest BCUT2D eigenvalue weighted by Crippen LogP contribution is -2.15. The van der Waals surface area contributed by atoms with E-state index in [-0.39, 0.29) is 4.90 Å². The number of sulfonamides is 1. The lowest BCUT2D eigenvalue weighted by Gasteiger charge is -2.14. The molecule has 0 saturated carbocycles. The first-order valence-corrected chi connectivity index (χ1v) is 9.56. The fourth-order valence-electron chi connectivity index (χ4n) is 2.48. The molecule has 3 rings (SSSR count). The van der Waals surface area contributed by atoms with Gasteiger partial charge >= 0.3 is 0 Å². The molecule has 0 spiro atoms. The third-order valence-corrected chi connectivity index (χ3v) is 5.89. The first-order valence-electron chi connectivity index (χ1n) is 7.28. The van der Waals surface area contributed by atoms with Crippen molar-refractivity contribution in [2.24, 2.45) is 0 Å². The molecule has 1 aromatic heterocycles. The van der Waals surface area contributed by atoms with Gasteiger partial charge in [-0.25, -0.2) is 13.1 Å². The summed E-state index contributed by atoms with van der Waals surface area (Å²) in [6.07, 6.45) is 0. The van der Waals surface area contributed by atoms with Crippen molar-refractivity contribution in [3.05, 3.63) is 70.5 Å². The molecule has 1 heterocycles. The van der Waals surface area contributed by atoms with Crippen molar-refractivity contribution in [2.75, 3.05) is 4.72 Å². The van der Waals surface area contributed by atoms with Gasteiger partial charge < -0.3 is 0 Å². The molecule has 0 fully saturated rings. The van der Waals surface area contributed by atoms with Crippen molar-refractivity contribution in [1.29, 1.82) is 0 Å². The van der Waals surface area contributed by atoms with Crippen LogP contribution in [-0.2, 0) is 10.0 Å². The standard InChI is InChI=1S/C17H16BrN3O2S/c1-12-11-13(2)21(19-12)16-9-5-4-8-15(16)20-24(22,23)17-10-6-3-7-14(17)18/h3-11,20H,1-2H3. The SMILES string of the molecule is Cc1cc(C)n(-c2ccccc2NS(=O)(=O)c2ccccc2Br)n1. The Kier molecular flexibility index (Phi) is 4.47. The van der Waals surface area contributed by atoms with Crippen LogP contribution < -0.4 is 4.72 Å². The third-order valence-electron chi connectivity index (χ3n) is 3.51. The Morgan fingerprint density at radius 3 is 2.38 bits per heavy atom. The van der Waals surface area contributed by atoms with Gasteiger partial charge in [0.25, 0.3) is 10.0 Å². The minimum absolute atomic E-state index is 0.188. The zero-order chi connectivity index (χ0) is 17.3. The van der Waals surface area contributed by atoms with Gasteiger partial charge in [0.05, 0.1) is 17.1 Å². The zero-order valence-corrected chi connectivity index (χ0v) is 15.6. The Balaban J connectivity index is 2.06. The zero-order valence-electron chi connectivity index (χ0n) is 13.2. The van der Waals surface area contributed by atoms with Gasteiger partial charge in [-0.05, 0) is 60.1 Å². The molecule has 1 N–H and O–H groups in total. The number of hydrogen-bond acceptors (Lipinski definition) is 3. The van der Waals surface area contributed by atoms with Crippen LogP contribution in [-0.4, -0.2) is 18.2 Å². The number of anilines is 1. The van der Waals surface area contributed by atoms with Gasteiger partial charge in [0, 0.05) is 10.2 Å². The normalized spacial score (nSPS) is 11.5. The van der Waals surface area contributed by atoms with Gasteiger partial charge in [-0.2, -0.15) is 5.10 Å². The fourth-order valence-corrected chi connectivity index (χ4v) is 4.56. The highest BCUT2D eigenvalue weighted by Gasteiger charge is 2.19. The van der Waals surface area contributed by atoms with E-state index in [1.807, 2.05) is 32.0 Å². The third kappa shape index (κ3) is 3.22. The first-order chi connectivity index (χ1) is 11.4. The maximum atomic E-state index is 12.7. The number of halogens is 1. The summed E-state index contributed by atoms with van der Waals surface area (Å²) in [6.45, 7) is 3.83. The van der Waals surface area contributed by atoms with Crippen molar-refractivity contribution in [2.45, 2.75) is 18.7 Å². The maximum absolute atomic E-state index is 12.7. The second-order valence-electron chi connectivity index (χ2n) is 5.39. The van der Waals surface area contributed by atoms with Gasteiger partial charge in [-0.3, -0.25) is 4.72 Å². The van der Waals surface area contributed by atoms with Gasteiger partial charge in [-0.15, -0.1) is 0 Å². The number of nitrogens with zero attached hydrogens (tertiary/aromatic N) is 2. The maximum Gasteiger partial charge on any atom is 0.263 e. The molecular formula is C17H16BrN3O2S. The average Bonchev–Trinajstić information content (AvgIpc) is 2.86. The van der Waals surface area contributed by atoms with Crippen LogP contribution in [0.1, 0.15) is 11.4 Å². The van der Waals surface area contributed by atoms with Gasteiger partial charge in [-0.1, -0.05) is 24.3 Å². The molecular weight excluding hydrogens is 390 g/mol. The Morgan fingerprint density at radius 1 is 1.04 bits per heavy atom. The summed E-state index contributed by atoms with van der Waals surface area (Å²) in [4.78, 5) is 0.188. The van der Waals surface area contributed by atoms with E-state index in [2.05, 4.69) is 25.8 Å². The monoisotopic (exact) mass is 405 g/mol. The van der Waals surface area contributed by atoms with Crippen LogP contribution in [0.3, 0.4) is 0 Å². The first kappa shape index (κ1) is 16.7.